The highest BCUT2D eigenvalue weighted by molar-refractivity contribution is 6.12. The van der Waals surface area contributed by atoms with Crippen LogP contribution in [-0.4, -0.2) is 15.0 Å². The Labute approximate surface area is 342 Å². The lowest BCUT2D eigenvalue weighted by molar-refractivity contribution is 0.669. The van der Waals surface area contributed by atoms with E-state index in [1.807, 2.05) is 109 Å². The zero-order valence-corrected chi connectivity index (χ0v) is 30.1. The number of fused-ring (bicyclic) bond motifs is 5. The van der Waals surface area contributed by atoms with Gasteiger partial charge in [0.15, 0.2) is 17.5 Å². The minimum Gasteiger partial charge on any atom is -0.456 e. The van der Waals surface area contributed by atoms with Gasteiger partial charge in [0.25, 0.3) is 0 Å². The second-order valence-corrected chi connectivity index (χ2v) is 13.7. The zero-order valence-electron chi connectivity index (χ0n) is 39.1. The Morgan fingerprint density at radius 3 is 1.88 bits per heavy atom. The number of nitrogens with zero attached hydrogens (tertiary/aromatic N) is 3. The molecule has 0 bridgehead atoms. The van der Waals surface area contributed by atoms with Crippen molar-refractivity contribution < 1.29 is 16.8 Å². The normalized spacial score (nSPS) is 13.7. The van der Waals surface area contributed by atoms with E-state index in [0.717, 1.165) is 38.2 Å². The van der Waals surface area contributed by atoms with Crippen molar-refractivity contribution in [3.8, 4) is 67.5 Å². The quantitative estimate of drug-likeness (QED) is 0.171. The number of hydrogen-bond donors (Lipinski definition) is 0. The third-order valence-corrected chi connectivity index (χ3v) is 10.2. The van der Waals surface area contributed by atoms with Gasteiger partial charge in [0, 0.05) is 27.5 Å². The molecule has 57 heavy (non-hydrogen) atoms. The highest BCUT2D eigenvalue weighted by Crippen LogP contribution is 2.39. The van der Waals surface area contributed by atoms with E-state index in [1.165, 1.54) is 0 Å². The molecule has 4 heteroatoms. The van der Waals surface area contributed by atoms with Crippen LogP contribution in [0.3, 0.4) is 0 Å². The predicted octanol–water partition coefficient (Wildman–Crippen LogP) is 14.1. The summed E-state index contributed by atoms with van der Waals surface area (Å²) in [7, 11) is 0. The molecule has 0 amide bonds. The molecule has 0 aliphatic carbocycles. The Morgan fingerprint density at radius 2 is 1.02 bits per heavy atom. The fourth-order valence-corrected chi connectivity index (χ4v) is 7.54. The van der Waals surface area contributed by atoms with E-state index >= 15 is 0 Å². The number of furan rings is 1. The number of para-hydroxylation sites is 1. The summed E-state index contributed by atoms with van der Waals surface area (Å²) >= 11 is 0. The molecule has 4 nitrogen and oxygen atoms in total. The molecule has 2 heterocycles. The van der Waals surface area contributed by atoms with Crippen molar-refractivity contribution in [1.82, 2.24) is 15.0 Å². The molecule has 0 fully saturated rings. The minimum atomic E-state index is -0.635. The smallest absolute Gasteiger partial charge is 0.164 e. The van der Waals surface area contributed by atoms with Crippen molar-refractivity contribution in [3.63, 3.8) is 0 Å². The van der Waals surface area contributed by atoms with Crippen LogP contribution in [0.15, 0.2) is 204 Å². The van der Waals surface area contributed by atoms with Crippen LogP contribution in [-0.2, 0) is 0 Å². The summed E-state index contributed by atoms with van der Waals surface area (Å²) in [5.74, 6) is 1.04. The molecule has 0 N–H and O–H groups in total. The molecule has 11 aromatic rings. The Balaban J connectivity index is 1.16. The first-order valence-electron chi connectivity index (χ1n) is 22.9. The first-order valence-corrected chi connectivity index (χ1v) is 18.4. The summed E-state index contributed by atoms with van der Waals surface area (Å²) in [5.41, 5.74) is 5.09. The van der Waals surface area contributed by atoms with E-state index in [9.17, 15) is 2.74 Å². The van der Waals surface area contributed by atoms with Crippen molar-refractivity contribution >= 4 is 43.5 Å². The van der Waals surface area contributed by atoms with Crippen LogP contribution in [0.25, 0.3) is 111 Å². The van der Waals surface area contributed by atoms with Gasteiger partial charge in [0.1, 0.15) is 11.2 Å². The largest absolute Gasteiger partial charge is 0.456 e. The third kappa shape index (κ3) is 5.92. The van der Waals surface area contributed by atoms with E-state index in [4.69, 9.17) is 29.0 Å². The second kappa shape index (κ2) is 13.6. The summed E-state index contributed by atoms with van der Waals surface area (Å²) in [6.07, 6.45) is 0. The first-order chi connectivity index (χ1) is 32.0. The van der Waals surface area contributed by atoms with Crippen molar-refractivity contribution in [2.75, 3.05) is 0 Å². The SMILES string of the molecule is [2H]c1c([2H])c([2H])c(-c2c([2H])c([2H])c([2H])c(-c3cc(-c4nc(-c5ccc6cc(-c7ccccc7)ccc6c5)nc(-c5cccc6oc7ccccc7c56)n4)cc4ccccc34)c2[2H])c([2H])c1[2H]. The molecule has 2 aromatic heterocycles. The van der Waals surface area contributed by atoms with Crippen molar-refractivity contribution in [2.24, 2.45) is 0 Å². The maximum Gasteiger partial charge on any atom is 0.164 e. The van der Waals surface area contributed by atoms with Crippen LogP contribution in [0.4, 0.5) is 0 Å². The van der Waals surface area contributed by atoms with E-state index in [1.54, 1.807) is 6.07 Å². The van der Waals surface area contributed by atoms with Gasteiger partial charge < -0.3 is 4.42 Å². The minimum absolute atomic E-state index is 0.0515. The van der Waals surface area contributed by atoms with Crippen LogP contribution in [0.5, 0.6) is 0 Å². The topological polar surface area (TPSA) is 51.8 Å². The molecule has 266 valence electrons. The maximum absolute atomic E-state index is 9.58. The average molecular weight is 737 g/mol. The fraction of sp³-hybridized carbons (Fsp3) is 0. The van der Waals surface area contributed by atoms with Crippen LogP contribution in [0.2, 0.25) is 0 Å². The molecule has 0 saturated carbocycles. The van der Waals surface area contributed by atoms with Gasteiger partial charge in [-0.2, -0.15) is 0 Å². The van der Waals surface area contributed by atoms with Crippen LogP contribution < -0.4 is 0 Å². The number of hydrogen-bond acceptors (Lipinski definition) is 4. The Morgan fingerprint density at radius 1 is 0.368 bits per heavy atom. The van der Waals surface area contributed by atoms with Crippen LogP contribution >= 0.6 is 0 Å². The lowest BCUT2D eigenvalue weighted by Gasteiger charge is -2.14. The lowest BCUT2D eigenvalue weighted by atomic mass is 9.93. The highest BCUT2D eigenvalue weighted by atomic mass is 16.3. The van der Waals surface area contributed by atoms with E-state index < -0.39 is 54.4 Å². The Hall–Kier alpha value is -7.69. The van der Waals surface area contributed by atoms with E-state index in [0.29, 0.717) is 50.3 Å². The molecule has 0 saturated heterocycles. The highest BCUT2D eigenvalue weighted by Gasteiger charge is 2.19. The molecule has 0 radical (unpaired) electrons. The summed E-state index contributed by atoms with van der Waals surface area (Å²) < 4.78 is 85.2. The molecule has 0 atom stereocenters. The molecule has 9 aromatic carbocycles. The zero-order chi connectivity index (χ0) is 45.5. The van der Waals surface area contributed by atoms with Gasteiger partial charge in [0.2, 0.25) is 0 Å². The fourth-order valence-electron chi connectivity index (χ4n) is 7.54. The van der Waals surface area contributed by atoms with E-state index in [2.05, 4.69) is 30.3 Å². The summed E-state index contributed by atoms with van der Waals surface area (Å²) in [5, 5.41) is 5.05. The van der Waals surface area contributed by atoms with Crippen molar-refractivity contribution in [2.45, 2.75) is 0 Å². The predicted molar refractivity (Wildman–Crippen MR) is 235 cm³/mol. The Kier molecular flexibility index (Phi) is 5.87. The van der Waals surface area contributed by atoms with Gasteiger partial charge in [-0.1, -0.05) is 158 Å². The second-order valence-electron chi connectivity index (χ2n) is 13.7. The summed E-state index contributed by atoms with van der Waals surface area (Å²) in [6.45, 7) is 0. The molecule has 0 aliphatic heterocycles. The molecule has 0 aliphatic rings. The van der Waals surface area contributed by atoms with Gasteiger partial charge in [-0.05, 0) is 97.4 Å². The number of benzene rings is 9. The molecule has 0 unspecified atom stereocenters. The maximum atomic E-state index is 9.58. The van der Waals surface area contributed by atoms with Crippen LogP contribution in [0, 0.1) is 0 Å². The molecular weight excluding hydrogens is 695 g/mol. The Bertz CT molecular complexity index is 3810. The number of aromatic nitrogens is 3. The van der Waals surface area contributed by atoms with Crippen LogP contribution in [0.1, 0.15) is 12.3 Å². The summed E-state index contributed by atoms with van der Waals surface area (Å²) in [4.78, 5) is 15.4. The van der Waals surface area contributed by atoms with Gasteiger partial charge >= 0.3 is 0 Å². The average Bonchev–Trinajstić information content (AvgIpc) is 3.74. The van der Waals surface area contributed by atoms with Gasteiger partial charge in [-0.15, -0.1) is 0 Å². The molecular formula is C53H33N3O. The molecule has 0 spiro atoms. The monoisotopic (exact) mass is 736 g/mol. The van der Waals surface area contributed by atoms with Crippen molar-refractivity contribution in [3.05, 3.63) is 200 Å². The van der Waals surface area contributed by atoms with Gasteiger partial charge in [0.05, 0.1) is 12.3 Å². The number of rotatable bonds is 6. The van der Waals surface area contributed by atoms with E-state index in [-0.39, 0.29) is 22.5 Å². The standard InChI is InChI=1S/C53H33N3O/c1-3-13-34(14-4-1)36-18-11-19-41(30-36)47-33-43(32-40-17-7-8-20-44(40)47)52-54-51(42-28-27-38-29-37(25-26-39(38)31-42)35-15-5-2-6-16-35)55-53(56-52)46-22-12-24-49-50(46)45-21-9-10-23-48(45)57-49/h1-33H/i1D,3D,4D,11D,13D,14D,18D,19D,30D. The van der Waals surface area contributed by atoms with Gasteiger partial charge in [-0.3, -0.25) is 0 Å². The first kappa shape index (κ1) is 24.7. The van der Waals surface area contributed by atoms with Gasteiger partial charge in [-0.25, -0.2) is 15.0 Å². The molecule has 11 rings (SSSR count). The lowest BCUT2D eigenvalue weighted by Crippen LogP contribution is -2.01. The summed E-state index contributed by atoms with van der Waals surface area (Å²) in [6, 6.07) is 42.0. The third-order valence-electron chi connectivity index (χ3n) is 10.2. The van der Waals surface area contributed by atoms with Crippen molar-refractivity contribution in [1.29, 1.82) is 0 Å².